The highest BCUT2D eigenvalue weighted by Crippen LogP contribution is 2.20. The predicted octanol–water partition coefficient (Wildman–Crippen LogP) is 1.66. The summed E-state index contributed by atoms with van der Waals surface area (Å²) >= 11 is 0. The number of piperazine rings is 3. The second kappa shape index (κ2) is 5.51. The van der Waals surface area contributed by atoms with Gasteiger partial charge in [0.25, 0.3) is 0 Å². The maximum Gasteiger partial charge on any atom is 0.0965 e. The third-order valence-corrected chi connectivity index (χ3v) is 5.02. The Morgan fingerprint density at radius 1 is 1.05 bits per heavy atom. The first-order valence-electron chi connectivity index (χ1n) is 7.69. The fourth-order valence-electron chi connectivity index (χ4n) is 3.51. The molecule has 3 aliphatic rings. The summed E-state index contributed by atoms with van der Waals surface area (Å²) < 4.78 is 1.36. The monoisotopic (exact) mass is 260 g/mol. The molecule has 0 amide bonds. The molecule has 104 valence electrons. The molecular weight excluding hydrogens is 234 g/mol. The lowest BCUT2D eigenvalue weighted by Gasteiger charge is -2.51. The fourth-order valence-corrected chi connectivity index (χ4v) is 3.51. The summed E-state index contributed by atoms with van der Waals surface area (Å²) in [5.41, 5.74) is 1.37. The molecule has 0 aromatic heterocycles. The van der Waals surface area contributed by atoms with Gasteiger partial charge in [-0.3, -0.25) is 4.90 Å². The molecule has 3 heteroatoms. The molecule has 19 heavy (non-hydrogen) atoms. The van der Waals surface area contributed by atoms with E-state index in [1.165, 1.54) is 62.5 Å². The Morgan fingerprint density at radius 3 is 2.26 bits per heavy atom. The molecule has 0 aliphatic carbocycles. The van der Waals surface area contributed by atoms with Crippen molar-refractivity contribution in [3.8, 4) is 0 Å². The standard InChI is InChI=1S/C16H26N3/c1-2-18(16-6-4-3-5-7-16)11-15-19-12-8-17(9-13-19)10-14-19/h3-7H,2,8-15H2,1H3/q+1. The van der Waals surface area contributed by atoms with Crippen LogP contribution in [0.25, 0.3) is 0 Å². The van der Waals surface area contributed by atoms with E-state index in [1.54, 1.807) is 0 Å². The zero-order chi connectivity index (χ0) is 13.1. The van der Waals surface area contributed by atoms with Gasteiger partial charge in [0.15, 0.2) is 0 Å². The van der Waals surface area contributed by atoms with Gasteiger partial charge in [-0.2, -0.15) is 0 Å². The number of quaternary nitrogens is 1. The van der Waals surface area contributed by atoms with Crippen molar-refractivity contribution in [2.45, 2.75) is 6.92 Å². The summed E-state index contributed by atoms with van der Waals surface area (Å²) in [4.78, 5) is 5.14. The second-order valence-corrected chi connectivity index (χ2v) is 5.99. The normalized spacial score (nSPS) is 29.4. The average Bonchev–Trinajstić information content (AvgIpc) is 2.51. The van der Waals surface area contributed by atoms with E-state index in [2.05, 4.69) is 47.1 Å². The molecule has 0 unspecified atom stereocenters. The Kier molecular flexibility index (Phi) is 3.76. The molecule has 1 aromatic rings. The van der Waals surface area contributed by atoms with Gasteiger partial charge in [-0.1, -0.05) is 18.2 Å². The summed E-state index contributed by atoms with van der Waals surface area (Å²) in [6, 6.07) is 10.9. The second-order valence-electron chi connectivity index (χ2n) is 5.99. The van der Waals surface area contributed by atoms with Crippen molar-refractivity contribution in [2.75, 3.05) is 63.8 Å². The zero-order valence-electron chi connectivity index (χ0n) is 12.1. The first-order valence-corrected chi connectivity index (χ1v) is 7.69. The van der Waals surface area contributed by atoms with Crippen LogP contribution in [0.5, 0.6) is 0 Å². The van der Waals surface area contributed by atoms with Crippen molar-refractivity contribution in [3.05, 3.63) is 30.3 Å². The number of anilines is 1. The fraction of sp³-hybridized carbons (Fsp3) is 0.625. The number of rotatable bonds is 5. The Balaban J connectivity index is 1.61. The minimum Gasteiger partial charge on any atom is -0.366 e. The van der Waals surface area contributed by atoms with Crippen molar-refractivity contribution in [3.63, 3.8) is 0 Å². The van der Waals surface area contributed by atoms with E-state index in [0.717, 1.165) is 6.54 Å². The van der Waals surface area contributed by atoms with Gasteiger partial charge in [0.1, 0.15) is 0 Å². The smallest absolute Gasteiger partial charge is 0.0965 e. The van der Waals surface area contributed by atoms with Crippen LogP contribution >= 0.6 is 0 Å². The third kappa shape index (κ3) is 2.77. The first kappa shape index (κ1) is 12.9. The van der Waals surface area contributed by atoms with Gasteiger partial charge in [0.2, 0.25) is 0 Å². The Labute approximate surface area is 117 Å². The van der Waals surface area contributed by atoms with Gasteiger partial charge >= 0.3 is 0 Å². The van der Waals surface area contributed by atoms with E-state index in [4.69, 9.17) is 0 Å². The van der Waals surface area contributed by atoms with Crippen molar-refractivity contribution >= 4 is 5.69 Å². The van der Waals surface area contributed by atoms with E-state index in [-0.39, 0.29) is 0 Å². The highest BCUT2D eigenvalue weighted by Gasteiger charge is 2.38. The van der Waals surface area contributed by atoms with E-state index in [9.17, 15) is 0 Å². The summed E-state index contributed by atoms with van der Waals surface area (Å²) in [6.45, 7) is 13.9. The lowest BCUT2D eigenvalue weighted by molar-refractivity contribution is -0.939. The molecule has 1 aromatic carbocycles. The maximum atomic E-state index is 2.62. The molecular formula is C16H26N3+. The highest BCUT2D eigenvalue weighted by atomic mass is 15.5. The van der Waals surface area contributed by atoms with Crippen molar-refractivity contribution in [1.29, 1.82) is 0 Å². The van der Waals surface area contributed by atoms with Gasteiger partial charge in [-0.25, -0.2) is 0 Å². The van der Waals surface area contributed by atoms with Crippen LogP contribution in [-0.4, -0.2) is 68.3 Å². The molecule has 2 bridgehead atoms. The van der Waals surface area contributed by atoms with E-state index < -0.39 is 0 Å². The van der Waals surface area contributed by atoms with Crippen molar-refractivity contribution < 1.29 is 4.48 Å². The van der Waals surface area contributed by atoms with Crippen LogP contribution in [-0.2, 0) is 0 Å². The van der Waals surface area contributed by atoms with E-state index >= 15 is 0 Å². The van der Waals surface area contributed by atoms with Crippen LogP contribution in [0.15, 0.2) is 30.3 Å². The lowest BCUT2D eigenvalue weighted by atomic mass is 10.1. The molecule has 0 radical (unpaired) electrons. The minimum atomic E-state index is 1.11. The Hall–Kier alpha value is -1.06. The zero-order valence-corrected chi connectivity index (χ0v) is 12.1. The summed E-state index contributed by atoms with van der Waals surface area (Å²) in [5.74, 6) is 0. The maximum absolute atomic E-state index is 2.62. The number of hydrogen-bond donors (Lipinski definition) is 0. The van der Waals surface area contributed by atoms with E-state index in [0.29, 0.717) is 0 Å². The molecule has 3 saturated heterocycles. The summed E-state index contributed by atoms with van der Waals surface area (Å²) in [6.07, 6.45) is 0. The Bertz CT molecular complexity index is 382. The number of para-hydroxylation sites is 1. The largest absolute Gasteiger partial charge is 0.366 e. The molecule has 3 fully saturated rings. The van der Waals surface area contributed by atoms with Crippen LogP contribution in [0.1, 0.15) is 6.92 Å². The predicted molar refractivity (Wildman–Crippen MR) is 80.5 cm³/mol. The quantitative estimate of drug-likeness (QED) is 0.743. The summed E-state index contributed by atoms with van der Waals surface area (Å²) in [5, 5.41) is 0. The van der Waals surface area contributed by atoms with Crippen molar-refractivity contribution in [1.82, 2.24) is 4.90 Å². The molecule has 0 saturated carbocycles. The number of fused-ring (bicyclic) bond motifs is 3. The van der Waals surface area contributed by atoms with Crippen LogP contribution < -0.4 is 4.90 Å². The topological polar surface area (TPSA) is 6.48 Å². The molecule has 0 atom stereocenters. The Morgan fingerprint density at radius 2 is 1.68 bits per heavy atom. The number of likely N-dealkylation sites (N-methyl/N-ethyl adjacent to an activating group) is 1. The van der Waals surface area contributed by atoms with Gasteiger partial charge in [-0.15, -0.1) is 0 Å². The number of hydrogen-bond acceptors (Lipinski definition) is 2. The molecule has 3 heterocycles. The van der Waals surface area contributed by atoms with Gasteiger partial charge in [-0.05, 0) is 19.1 Å². The number of nitrogens with zero attached hydrogens (tertiary/aromatic N) is 3. The number of benzene rings is 1. The molecule has 3 aliphatic heterocycles. The van der Waals surface area contributed by atoms with Crippen LogP contribution in [0.3, 0.4) is 0 Å². The molecule has 0 spiro atoms. The molecule has 0 N–H and O–H groups in total. The van der Waals surface area contributed by atoms with Crippen molar-refractivity contribution in [2.24, 2.45) is 0 Å². The first-order chi connectivity index (χ1) is 9.31. The summed E-state index contributed by atoms with van der Waals surface area (Å²) in [7, 11) is 0. The van der Waals surface area contributed by atoms with Crippen LogP contribution in [0, 0.1) is 0 Å². The highest BCUT2D eigenvalue weighted by molar-refractivity contribution is 5.45. The van der Waals surface area contributed by atoms with Gasteiger partial charge in [0, 0.05) is 31.9 Å². The minimum absolute atomic E-state index is 1.11. The molecule has 3 nitrogen and oxygen atoms in total. The average molecular weight is 260 g/mol. The van der Waals surface area contributed by atoms with Gasteiger partial charge in [0.05, 0.1) is 32.7 Å². The third-order valence-electron chi connectivity index (χ3n) is 5.02. The van der Waals surface area contributed by atoms with E-state index in [1.807, 2.05) is 0 Å². The van der Waals surface area contributed by atoms with Crippen LogP contribution in [0.2, 0.25) is 0 Å². The van der Waals surface area contributed by atoms with Crippen LogP contribution in [0.4, 0.5) is 5.69 Å². The SMILES string of the molecule is CCN(CC[N+]12CCN(CC1)CC2)c1ccccc1. The van der Waals surface area contributed by atoms with Gasteiger partial charge < -0.3 is 9.38 Å². The molecule has 4 rings (SSSR count). The lowest BCUT2D eigenvalue weighted by Crippen LogP contribution is -2.68.